The number of nitrogen functional groups attached to an aromatic ring is 1. The average molecular weight is 416 g/mol. The van der Waals surface area contributed by atoms with Crippen LogP contribution in [0.2, 0.25) is 0 Å². The van der Waals surface area contributed by atoms with Gasteiger partial charge in [0, 0.05) is 24.1 Å². The Kier molecular flexibility index (Phi) is 8.88. The van der Waals surface area contributed by atoms with Gasteiger partial charge in [-0.2, -0.15) is 4.98 Å². The summed E-state index contributed by atoms with van der Waals surface area (Å²) in [6, 6.07) is 5.74. The van der Waals surface area contributed by atoms with E-state index in [2.05, 4.69) is 27.5 Å². The summed E-state index contributed by atoms with van der Waals surface area (Å²) in [6.45, 7) is 3.88. The third-order valence-corrected chi connectivity index (χ3v) is 4.46. The van der Waals surface area contributed by atoms with Crippen molar-refractivity contribution in [2.75, 3.05) is 38.4 Å². The minimum atomic E-state index is -0.0281. The molecule has 0 fully saturated rings. The van der Waals surface area contributed by atoms with Crippen LogP contribution in [0.4, 0.5) is 11.8 Å². The molecule has 1 aliphatic rings. The highest BCUT2D eigenvalue weighted by atomic mass is 35.5. The van der Waals surface area contributed by atoms with Crippen molar-refractivity contribution < 1.29 is 9.47 Å². The number of nitrogens with two attached hydrogens (primary N) is 1. The highest BCUT2D eigenvalue weighted by Gasteiger charge is 2.19. The second-order valence-corrected chi connectivity index (χ2v) is 6.08. The van der Waals surface area contributed by atoms with Crippen LogP contribution in [0.25, 0.3) is 0 Å². The Morgan fingerprint density at radius 1 is 1.11 bits per heavy atom. The number of hydrogen-bond acceptors (Lipinski definition) is 7. The van der Waals surface area contributed by atoms with Crippen LogP contribution in [0, 0.1) is 0 Å². The average Bonchev–Trinajstić information content (AvgIpc) is 2.86. The SMILES string of the molecule is COc1ccc(OC)c(C(C)Nc2nc(N)nc3c2CCNCC3)c1.Cl.Cl. The molecule has 0 spiro atoms. The lowest BCUT2D eigenvalue weighted by Gasteiger charge is -2.21. The first-order valence-electron chi connectivity index (χ1n) is 8.46. The summed E-state index contributed by atoms with van der Waals surface area (Å²) in [7, 11) is 3.32. The molecule has 7 nitrogen and oxygen atoms in total. The van der Waals surface area contributed by atoms with Crippen LogP contribution in [-0.4, -0.2) is 37.3 Å². The van der Waals surface area contributed by atoms with Crippen LogP contribution >= 0.6 is 24.8 Å². The zero-order chi connectivity index (χ0) is 17.8. The van der Waals surface area contributed by atoms with Gasteiger partial charge >= 0.3 is 0 Å². The maximum atomic E-state index is 5.92. The van der Waals surface area contributed by atoms with E-state index in [-0.39, 0.29) is 30.9 Å². The van der Waals surface area contributed by atoms with Crippen molar-refractivity contribution in [3.63, 3.8) is 0 Å². The van der Waals surface area contributed by atoms with Gasteiger partial charge in [0.2, 0.25) is 5.95 Å². The molecule has 0 radical (unpaired) electrons. The summed E-state index contributed by atoms with van der Waals surface area (Å²) < 4.78 is 10.8. The number of halogens is 2. The number of fused-ring (bicyclic) bond motifs is 1. The fraction of sp³-hybridized carbons (Fsp3) is 0.444. The summed E-state index contributed by atoms with van der Waals surface area (Å²) in [5.74, 6) is 2.68. The number of hydrogen-bond donors (Lipinski definition) is 3. The Labute approximate surface area is 172 Å². The number of methoxy groups -OCH3 is 2. The minimum Gasteiger partial charge on any atom is -0.497 e. The lowest BCUT2D eigenvalue weighted by molar-refractivity contribution is 0.397. The zero-order valence-electron chi connectivity index (χ0n) is 15.7. The van der Waals surface area contributed by atoms with E-state index >= 15 is 0 Å². The minimum absolute atomic E-state index is 0. The van der Waals surface area contributed by atoms with E-state index in [4.69, 9.17) is 15.2 Å². The van der Waals surface area contributed by atoms with Gasteiger partial charge in [0.25, 0.3) is 0 Å². The molecule has 4 N–H and O–H groups in total. The van der Waals surface area contributed by atoms with E-state index in [9.17, 15) is 0 Å². The molecule has 1 aromatic carbocycles. The molecule has 2 aromatic rings. The fourth-order valence-electron chi connectivity index (χ4n) is 3.14. The van der Waals surface area contributed by atoms with Gasteiger partial charge in [0.05, 0.1) is 26.0 Å². The lowest BCUT2D eigenvalue weighted by atomic mass is 10.1. The topological polar surface area (TPSA) is 94.3 Å². The van der Waals surface area contributed by atoms with Crippen molar-refractivity contribution in [3.05, 3.63) is 35.0 Å². The van der Waals surface area contributed by atoms with E-state index in [0.29, 0.717) is 5.95 Å². The molecule has 2 heterocycles. The molecule has 27 heavy (non-hydrogen) atoms. The van der Waals surface area contributed by atoms with Crippen molar-refractivity contribution in [2.24, 2.45) is 0 Å². The molecular weight excluding hydrogens is 389 g/mol. The molecule has 1 aliphatic heterocycles. The number of benzene rings is 1. The highest BCUT2D eigenvalue weighted by molar-refractivity contribution is 5.85. The number of rotatable bonds is 5. The first kappa shape index (κ1) is 23.1. The lowest BCUT2D eigenvalue weighted by Crippen LogP contribution is -2.16. The van der Waals surface area contributed by atoms with Crippen molar-refractivity contribution >= 4 is 36.6 Å². The third-order valence-electron chi connectivity index (χ3n) is 4.46. The number of nitrogens with zero attached hydrogens (tertiary/aromatic N) is 2. The smallest absolute Gasteiger partial charge is 0.222 e. The Bertz CT molecular complexity index is 761. The maximum absolute atomic E-state index is 5.92. The highest BCUT2D eigenvalue weighted by Crippen LogP contribution is 2.32. The molecule has 0 saturated carbocycles. The van der Waals surface area contributed by atoms with Gasteiger partial charge in [0.1, 0.15) is 17.3 Å². The van der Waals surface area contributed by atoms with Crippen molar-refractivity contribution in [1.29, 1.82) is 0 Å². The Hall–Kier alpha value is -1.96. The third kappa shape index (κ3) is 5.28. The Morgan fingerprint density at radius 2 is 1.85 bits per heavy atom. The molecule has 0 saturated heterocycles. The predicted octanol–water partition coefficient (Wildman–Crippen LogP) is 2.78. The quantitative estimate of drug-likeness (QED) is 0.690. The second kappa shape index (κ2) is 10.4. The van der Waals surface area contributed by atoms with Gasteiger partial charge in [-0.15, -0.1) is 24.8 Å². The molecule has 150 valence electrons. The van der Waals surface area contributed by atoms with Crippen LogP contribution in [0.5, 0.6) is 11.5 Å². The summed E-state index contributed by atoms with van der Waals surface area (Å²) in [4.78, 5) is 8.86. The first-order valence-corrected chi connectivity index (χ1v) is 8.46. The van der Waals surface area contributed by atoms with Crippen LogP contribution in [0.1, 0.15) is 29.8 Å². The molecular formula is C18H27Cl2N5O2. The number of anilines is 2. The predicted molar refractivity (Wildman–Crippen MR) is 113 cm³/mol. The molecule has 9 heteroatoms. The van der Waals surface area contributed by atoms with Gasteiger partial charge in [-0.3, -0.25) is 0 Å². The molecule has 1 unspecified atom stereocenters. The van der Waals surface area contributed by atoms with Crippen LogP contribution in [0.15, 0.2) is 18.2 Å². The van der Waals surface area contributed by atoms with Crippen LogP contribution in [0.3, 0.4) is 0 Å². The zero-order valence-corrected chi connectivity index (χ0v) is 17.4. The van der Waals surface area contributed by atoms with Gasteiger partial charge in [0.15, 0.2) is 0 Å². The summed E-state index contributed by atoms with van der Waals surface area (Å²) in [6.07, 6.45) is 1.73. The first-order chi connectivity index (χ1) is 12.1. The van der Waals surface area contributed by atoms with Crippen molar-refractivity contribution in [2.45, 2.75) is 25.8 Å². The van der Waals surface area contributed by atoms with Crippen LogP contribution in [-0.2, 0) is 12.8 Å². The summed E-state index contributed by atoms with van der Waals surface area (Å²) in [5.41, 5.74) is 9.07. The molecule has 0 aliphatic carbocycles. The van der Waals surface area contributed by atoms with Crippen molar-refractivity contribution in [1.82, 2.24) is 15.3 Å². The maximum Gasteiger partial charge on any atom is 0.222 e. The van der Waals surface area contributed by atoms with Gasteiger partial charge in [-0.05, 0) is 38.1 Å². The monoisotopic (exact) mass is 415 g/mol. The Morgan fingerprint density at radius 3 is 2.56 bits per heavy atom. The largest absolute Gasteiger partial charge is 0.497 e. The number of nitrogens with one attached hydrogen (secondary N) is 2. The Balaban J connectivity index is 0.00000182. The fourth-order valence-corrected chi connectivity index (χ4v) is 3.14. The van der Waals surface area contributed by atoms with E-state index in [1.54, 1.807) is 14.2 Å². The van der Waals surface area contributed by atoms with E-state index in [0.717, 1.165) is 60.1 Å². The van der Waals surface area contributed by atoms with E-state index < -0.39 is 0 Å². The summed E-state index contributed by atoms with van der Waals surface area (Å²) in [5, 5.41) is 6.87. The normalized spacial score (nSPS) is 13.9. The molecule has 0 amide bonds. The van der Waals surface area contributed by atoms with Gasteiger partial charge < -0.3 is 25.8 Å². The van der Waals surface area contributed by atoms with Crippen molar-refractivity contribution in [3.8, 4) is 11.5 Å². The molecule has 1 atom stereocenters. The second-order valence-electron chi connectivity index (χ2n) is 6.08. The van der Waals surface area contributed by atoms with E-state index in [1.165, 1.54) is 0 Å². The number of aromatic nitrogens is 2. The molecule has 1 aromatic heterocycles. The number of ether oxygens (including phenoxy) is 2. The van der Waals surface area contributed by atoms with Crippen LogP contribution < -0.4 is 25.8 Å². The standard InChI is InChI=1S/C18H25N5O2.2ClH/c1-11(14-10-12(24-2)4-5-16(14)25-3)21-17-13-6-8-20-9-7-15(13)22-18(19)23-17;;/h4-5,10-11,20H,6-9H2,1-3H3,(H3,19,21,22,23);2*1H. The molecule has 3 rings (SSSR count). The summed E-state index contributed by atoms with van der Waals surface area (Å²) >= 11 is 0. The van der Waals surface area contributed by atoms with Gasteiger partial charge in [-0.25, -0.2) is 4.98 Å². The molecule has 0 bridgehead atoms. The van der Waals surface area contributed by atoms with Gasteiger partial charge in [-0.1, -0.05) is 0 Å². The van der Waals surface area contributed by atoms with E-state index in [1.807, 2.05) is 18.2 Å².